The largest absolute Gasteiger partial charge is 0.472 e. The van der Waals surface area contributed by atoms with E-state index in [9.17, 15) is 19.4 Å². The van der Waals surface area contributed by atoms with Crippen molar-refractivity contribution in [3.05, 3.63) is 48.6 Å². The molecule has 0 heterocycles. The summed E-state index contributed by atoms with van der Waals surface area (Å²) in [5.41, 5.74) is 0. The molecule has 0 aromatic carbocycles. The van der Waals surface area contributed by atoms with Crippen molar-refractivity contribution >= 4 is 13.8 Å². The summed E-state index contributed by atoms with van der Waals surface area (Å²) in [5.74, 6) is -0.398. The number of aliphatic hydroxyl groups is 2. The third-order valence-electron chi connectivity index (χ3n) is 8.99. The summed E-state index contributed by atoms with van der Waals surface area (Å²) >= 11 is 0. The maximum absolute atomic E-state index is 12.6. The number of unbranched alkanes of at least 4 members (excludes halogenated alkanes) is 19. The van der Waals surface area contributed by atoms with Gasteiger partial charge in [-0.05, 0) is 70.6 Å². The minimum atomic E-state index is -4.52. The van der Waals surface area contributed by atoms with E-state index in [0.29, 0.717) is 13.0 Å². The van der Waals surface area contributed by atoms with Gasteiger partial charge in [-0.3, -0.25) is 13.8 Å². The summed E-state index contributed by atoms with van der Waals surface area (Å²) in [6.45, 7) is 3.44. The number of aliphatic hydroxyl groups excluding tert-OH is 2. The van der Waals surface area contributed by atoms with Gasteiger partial charge in [0.15, 0.2) is 0 Å². The lowest BCUT2D eigenvalue weighted by Gasteiger charge is -2.20. The van der Waals surface area contributed by atoms with Crippen molar-refractivity contribution in [3.8, 4) is 0 Å². The minimum absolute atomic E-state index is 0.0384. The number of phosphoric acid groups is 1. The van der Waals surface area contributed by atoms with Crippen LogP contribution in [0.25, 0.3) is 0 Å². The van der Waals surface area contributed by atoms with Crippen molar-refractivity contribution in [1.29, 1.82) is 0 Å². The lowest BCUT2D eigenvalue weighted by molar-refractivity contribution is -0.154. The van der Waals surface area contributed by atoms with Crippen molar-refractivity contribution in [2.45, 2.75) is 193 Å². The van der Waals surface area contributed by atoms with Crippen LogP contribution in [0.15, 0.2) is 48.6 Å². The van der Waals surface area contributed by atoms with E-state index < -0.39 is 39.2 Å². The smallest absolute Gasteiger partial charge is 0.457 e. The van der Waals surface area contributed by atoms with Crippen LogP contribution in [0.1, 0.15) is 181 Å². The van der Waals surface area contributed by atoms with Crippen LogP contribution in [0.2, 0.25) is 0 Å². The molecule has 0 spiro atoms. The standard InChI is InChI=1S/C44H81O9P/c1-3-5-7-9-11-13-15-17-18-19-20-21-22-23-24-25-26-28-30-32-34-36-44(47)53-43(41-52-54(48,49)51-39-42(46)38-45)40-50-37-35-33-31-29-27-16-14-12-10-8-6-4-2/h10,12,15,17,19-20,22-23,42-43,45-46H,3-9,11,13-14,16,18,21,24-41H2,1-2H3,(H,48,49)/b12-10-,17-15-,20-19-,23-22-. The highest BCUT2D eigenvalue weighted by Crippen LogP contribution is 2.43. The number of phosphoric ester groups is 1. The van der Waals surface area contributed by atoms with Crippen LogP contribution in [0.5, 0.6) is 0 Å². The highest BCUT2D eigenvalue weighted by atomic mass is 31.2. The molecule has 3 unspecified atom stereocenters. The number of rotatable bonds is 41. The molecule has 0 fully saturated rings. The molecule has 0 saturated carbocycles. The van der Waals surface area contributed by atoms with Gasteiger partial charge < -0.3 is 24.6 Å². The van der Waals surface area contributed by atoms with E-state index in [4.69, 9.17) is 23.6 Å². The van der Waals surface area contributed by atoms with Crippen LogP contribution in [0, 0.1) is 0 Å². The van der Waals surface area contributed by atoms with E-state index in [1.165, 1.54) is 89.9 Å². The van der Waals surface area contributed by atoms with Gasteiger partial charge in [-0.1, -0.05) is 152 Å². The third kappa shape index (κ3) is 40.1. The highest BCUT2D eigenvalue weighted by Gasteiger charge is 2.26. The van der Waals surface area contributed by atoms with Crippen molar-refractivity contribution in [1.82, 2.24) is 0 Å². The summed E-state index contributed by atoms with van der Waals surface area (Å²) in [5, 5.41) is 18.3. The zero-order valence-corrected chi connectivity index (χ0v) is 35.3. The highest BCUT2D eigenvalue weighted by molar-refractivity contribution is 7.47. The number of ether oxygens (including phenoxy) is 2. The normalized spacial score (nSPS) is 14.5. The zero-order chi connectivity index (χ0) is 39.6. The van der Waals surface area contributed by atoms with Crippen molar-refractivity contribution in [2.75, 3.05) is 33.0 Å². The molecular formula is C44H81O9P. The molecule has 3 atom stereocenters. The van der Waals surface area contributed by atoms with E-state index in [1.54, 1.807) is 0 Å². The molecule has 0 aliphatic carbocycles. The number of carbonyl (C=O) groups is 1. The second-order valence-electron chi connectivity index (χ2n) is 14.4. The molecule has 9 nitrogen and oxygen atoms in total. The topological polar surface area (TPSA) is 132 Å². The summed E-state index contributed by atoms with van der Waals surface area (Å²) in [6.07, 6.45) is 44.9. The van der Waals surface area contributed by atoms with Crippen LogP contribution in [-0.2, 0) is 27.9 Å². The second kappa shape index (κ2) is 41.1. The summed E-state index contributed by atoms with van der Waals surface area (Å²) in [4.78, 5) is 22.6. The number of esters is 1. The average molecular weight is 785 g/mol. The molecule has 0 aromatic rings. The maximum atomic E-state index is 12.6. The Bertz CT molecular complexity index is 981. The summed E-state index contributed by atoms with van der Waals surface area (Å²) < 4.78 is 33.3. The molecule has 0 aromatic heterocycles. The number of allylic oxidation sites excluding steroid dienone is 8. The van der Waals surface area contributed by atoms with Gasteiger partial charge in [0.1, 0.15) is 12.2 Å². The monoisotopic (exact) mass is 785 g/mol. The van der Waals surface area contributed by atoms with Gasteiger partial charge in [0, 0.05) is 13.0 Å². The van der Waals surface area contributed by atoms with Crippen LogP contribution >= 0.6 is 7.82 Å². The zero-order valence-electron chi connectivity index (χ0n) is 34.4. The van der Waals surface area contributed by atoms with Crippen molar-refractivity contribution in [2.24, 2.45) is 0 Å². The lowest BCUT2D eigenvalue weighted by atomic mass is 10.1. The maximum Gasteiger partial charge on any atom is 0.472 e. The van der Waals surface area contributed by atoms with E-state index in [0.717, 1.165) is 64.2 Å². The lowest BCUT2D eigenvalue weighted by Crippen LogP contribution is -2.29. The Kier molecular flexibility index (Phi) is 39.9. The van der Waals surface area contributed by atoms with Crippen molar-refractivity contribution < 1.29 is 43.0 Å². The second-order valence-corrected chi connectivity index (χ2v) is 15.8. The molecule has 0 amide bonds. The summed E-state index contributed by atoms with van der Waals surface area (Å²) in [6, 6.07) is 0. The van der Waals surface area contributed by atoms with Crippen LogP contribution < -0.4 is 0 Å². The number of carbonyl (C=O) groups excluding carboxylic acids is 1. The van der Waals surface area contributed by atoms with Gasteiger partial charge in [-0.15, -0.1) is 0 Å². The van der Waals surface area contributed by atoms with Crippen LogP contribution in [0.3, 0.4) is 0 Å². The molecule has 0 saturated heterocycles. The van der Waals surface area contributed by atoms with Crippen LogP contribution in [0.4, 0.5) is 0 Å². The Morgan fingerprint density at radius 1 is 0.574 bits per heavy atom. The van der Waals surface area contributed by atoms with Gasteiger partial charge in [0.05, 0.1) is 26.4 Å². The van der Waals surface area contributed by atoms with E-state index in [2.05, 4.69) is 62.5 Å². The Balaban J connectivity index is 4.18. The van der Waals surface area contributed by atoms with Gasteiger partial charge in [-0.2, -0.15) is 0 Å². The first-order valence-electron chi connectivity index (χ1n) is 21.6. The Labute approximate surface area is 330 Å². The molecule has 10 heteroatoms. The Morgan fingerprint density at radius 2 is 1.02 bits per heavy atom. The van der Waals surface area contributed by atoms with E-state index in [1.807, 2.05) is 0 Å². The van der Waals surface area contributed by atoms with E-state index in [-0.39, 0.29) is 19.6 Å². The van der Waals surface area contributed by atoms with Crippen LogP contribution in [-0.4, -0.2) is 66.3 Å². The first-order valence-corrected chi connectivity index (χ1v) is 23.1. The fourth-order valence-corrected chi connectivity index (χ4v) is 6.43. The molecule has 0 bridgehead atoms. The van der Waals surface area contributed by atoms with Gasteiger partial charge in [0.25, 0.3) is 0 Å². The van der Waals surface area contributed by atoms with Gasteiger partial charge in [0.2, 0.25) is 0 Å². The first kappa shape index (κ1) is 52.4. The quantitative estimate of drug-likeness (QED) is 0.0240. The summed E-state index contributed by atoms with van der Waals surface area (Å²) in [7, 11) is -4.52. The fourth-order valence-electron chi connectivity index (χ4n) is 5.64. The van der Waals surface area contributed by atoms with E-state index >= 15 is 0 Å². The predicted octanol–water partition coefficient (Wildman–Crippen LogP) is 11.8. The predicted molar refractivity (Wildman–Crippen MR) is 223 cm³/mol. The van der Waals surface area contributed by atoms with Gasteiger partial charge >= 0.3 is 13.8 Å². The molecule has 54 heavy (non-hydrogen) atoms. The molecule has 316 valence electrons. The molecule has 0 radical (unpaired) electrons. The number of hydrogen-bond donors (Lipinski definition) is 3. The molecule has 0 rings (SSSR count). The minimum Gasteiger partial charge on any atom is -0.457 e. The third-order valence-corrected chi connectivity index (χ3v) is 9.94. The molecule has 0 aliphatic rings. The molecular weight excluding hydrogens is 703 g/mol. The Morgan fingerprint density at radius 3 is 1.57 bits per heavy atom. The fraction of sp³-hybridized carbons (Fsp3) is 0.795. The SMILES string of the molecule is CCCC/C=C\CCCCCCCCOCC(COP(=O)(O)OCC(O)CO)OC(=O)CCCCCCCC/C=C\C/C=C\C/C=C\CCCCCCC. The van der Waals surface area contributed by atoms with Crippen molar-refractivity contribution in [3.63, 3.8) is 0 Å². The number of hydrogen-bond acceptors (Lipinski definition) is 8. The average Bonchev–Trinajstić information content (AvgIpc) is 3.16. The Hall–Kier alpha value is -1.58. The molecule has 3 N–H and O–H groups in total. The molecule has 0 aliphatic heterocycles. The first-order chi connectivity index (χ1) is 26.3. The van der Waals surface area contributed by atoms with Gasteiger partial charge in [-0.25, -0.2) is 4.57 Å².